The molecule has 0 amide bonds. The third-order valence-corrected chi connectivity index (χ3v) is 3.23. The zero-order chi connectivity index (χ0) is 11.7. The Morgan fingerprint density at radius 1 is 0.529 bits per heavy atom. The molecule has 0 aromatic heterocycles. The summed E-state index contributed by atoms with van der Waals surface area (Å²) in [6, 6.07) is 23.6. The second kappa shape index (κ2) is 4.06. The summed E-state index contributed by atoms with van der Waals surface area (Å²) in [7, 11) is 0. The van der Waals surface area contributed by atoms with Gasteiger partial charge in [0, 0.05) is 0 Å². The van der Waals surface area contributed by atoms with Gasteiger partial charge in [-0.15, -0.1) is 0 Å². The topological polar surface area (TPSA) is 0 Å². The smallest absolute Gasteiger partial charge is 0.0103 e. The van der Waals surface area contributed by atoms with Crippen molar-refractivity contribution in [2.75, 3.05) is 0 Å². The van der Waals surface area contributed by atoms with Crippen molar-refractivity contribution in [2.24, 2.45) is 0 Å². The molecule has 0 bridgehead atoms. The summed E-state index contributed by atoms with van der Waals surface area (Å²) >= 11 is 0. The molecule has 1 aromatic rings. The highest BCUT2D eigenvalue weighted by atomic mass is 14.1. The van der Waals surface area contributed by atoms with Gasteiger partial charge in [0.05, 0.1) is 0 Å². The van der Waals surface area contributed by atoms with Crippen LogP contribution in [0.1, 0.15) is 5.56 Å². The van der Waals surface area contributed by atoms with Gasteiger partial charge >= 0.3 is 0 Å². The van der Waals surface area contributed by atoms with Gasteiger partial charge in [0.15, 0.2) is 0 Å². The Morgan fingerprint density at radius 2 is 1.24 bits per heavy atom. The summed E-state index contributed by atoms with van der Waals surface area (Å²) < 4.78 is 0. The highest BCUT2D eigenvalue weighted by Gasteiger charge is 2.10. The minimum Gasteiger partial charge on any atom is -0.0622 e. The van der Waals surface area contributed by atoms with E-state index in [-0.39, 0.29) is 0 Å². The molecule has 0 fully saturated rings. The number of hydrogen-bond acceptors (Lipinski definition) is 0. The van der Waals surface area contributed by atoms with E-state index in [0.717, 1.165) is 0 Å². The van der Waals surface area contributed by atoms with E-state index in [1.165, 1.54) is 27.8 Å². The Balaban J connectivity index is 2.25. The highest BCUT2D eigenvalue weighted by molar-refractivity contribution is 5.87. The number of aryl methyl sites for hydroxylation is 1. The largest absolute Gasteiger partial charge is 0.0622 e. The standard InChI is InChI=1S/C17H14/c1-13-7-5-6-9-15(13)17-12-11-14-8-3-2-4-10-16(14)17/h2-12H,1H3. The average Bonchev–Trinajstić information content (AvgIpc) is 2.59. The first kappa shape index (κ1) is 10.1. The maximum absolute atomic E-state index is 2.22. The van der Waals surface area contributed by atoms with E-state index < -0.39 is 0 Å². The fourth-order valence-corrected chi connectivity index (χ4v) is 2.32. The van der Waals surface area contributed by atoms with Crippen LogP contribution in [-0.2, 0) is 0 Å². The minimum atomic E-state index is 1.30. The SMILES string of the molecule is Cc1ccccc1-c1ccc2cccccc1-2. The van der Waals surface area contributed by atoms with Crippen molar-refractivity contribution >= 4 is 0 Å². The Labute approximate surface area is 102 Å². The lowest BCUT2D eigenvalue weighted by Crippen LogP contribution is -1.81. The van der Waals surface area contributed by atoms with Gasteiger partial charge in [-0.1, -0.05) is 66.7 Å². The van der Waals surface area contributed by atoms with E-state index in [2.05, 4.69) is 73.7 Å². The van der Waals surface area contributed by atoms with Crippen LogP contribution in [0.25, 0.3) is 22.3 Å². The van der Waals surface area contributed by atoms with E-state index in [9.17, 15) is 0 Å². The van der Waals surface area contributed by atoms with Crippen molar-refractivity contribution in [3.8, 4) is 22.3 Å². The number of fused-ring (bicyclic) bond motifs is 1. The van der Waals surface area contributed by atoms with Gasteiger partial charge in [0.1, 0.15) is 0 Å². The normalized spacial score (nSPS) is 10.6. The van der Waals surface area contributed by atoms with Gasteiger partial charge in [0.25, 0.3) is 0 Å². The van der Waals surface area contributed by atoms with Gasteiger partial charge in [0.2, 0.25) is 0 Å². The van der Waals surface area contributed by atoms with Gasteiger partial charge < -0.3 is 0 Å². The average molecular weight is 218 g/mol. The quantitative estimate of drug-likeness (QED) is 0.552. The Morgan fingerprint density at radius 3 is 2.12 bits per heavy atom. The number of benzene rings is 1. The second-order valence-electron chi connectivity index (χ2n) is 4.34. The monoisotopic (exact) mass is 218 g/mol. The molecule has 0 heterocycles. The summed E-state index contributed by atoms with van der Waals surface area (Å²) in [6.07, 6.45) is 0. The molecule has 0 saturated carbocycles. The van der Waals surface area contributed by atoms with Gasteiger partial charge in [-0.05, 0) is 34.7 Å². The first-order valence-electron chi connectivity index (χ1n) is 5.90. The van der Waals surface area contributed by atoms with Gasteiger partial charge in [-0.3, -0.25) is 0 Å². The van der Waals surface area contributed by atoms with Crippen molar-refractivity contribution in [3.05, 3.63) is 72.3 Å². The van der Waals surface area contributed by atoms with Gasteiger partial charge in [-0.2, -0.15) is 0 Å². The van der Waals surface area contributed by atoms with Crippen LogP contribution >= 0.6 is 0 Å². The Hall–Kier alpha value is -2.08. The molecule has 0 heteroatoms. The molecule has 0 nitrogen and oxygen atoms in total. The van der Waals surface area contributed by atoms with Crippen LogP contribution in [0, 0.1) is 6.92 Å². The summed E-state index contributed by atoms with van der Waals surface area (Å²) in [5.41, 5.74) is 6.60. The summed E-state index contributed by atoms with van der Waals surface area (Å²) in [5, 5.41) is 0. The predicted octanol–water partition coefficient (Wildman–Crippen LogP) is 4.77. The van der Waals surface area contributed by atoms with Crippen LogP contribution in [-0.4, -0.2) is 0 Å². The van der Waals surface area contributed by atoms with Crippen molar-refractivity contribution < 1.29 is 0 Å². The maximum Gasteiger partial charge on any atom is -0.0103 e. The Bertz CT molecular complexity index is 623. The lowest BCUT2D eigenvalue weighted by molar-refractivity contribution is 1.47. The van der Waals surface area contributed by atoms with Crippen LogP contribution in [0.4, 0.5) is 0 Å². The van der Waals surface area contributed by atoms with Crippen LogP contribution in [0.15, 0.2) is 66.7 Å². The van der Waals surface area contributed by atoms with Crippen molar-refractivity contribution in [2.45, 2.75) is 6.92 Å². The van der Waals surface area contributed by atoms with Crippen LogP contribution < -0.4 is 0 Å². The molecule has 0 atom stereocenters. The number of hydrogen-bond donors (Lipinski definition) is 0. The molecule has 0 unspecified atom stereocenters. The first-order chi connectivity index (χ1) is 8.36. The molecule has 82 valence electrons. The van der Waals surface area contributed by atoms with Crippen LogP contribution in [0.2, 0.25) is 0 Å². The van der Waals surface area contributed by atoms with E-state index in [4.69, 9.17) is 0 Å². The summed E-state index contributed by atoms with van der Waals surface area (Å²) in [6.45, 7) is 2.16. The molecular weight excluding hydrogens is 204 g/mol. The molecule has 2 aliphatic carbocycles. The van der Waals surface area contributed by atoms with Crippen LogP contribution in [0.3, 0.4) is 0 Å². The molecule has 0 spiro atoms. The third-order valence-electron chi connectivity index (χ3n) is 3.23. The summed E-state index contributed by atoms with van der Waals surface area (Å²) in [4.78, 5) is 0. The molecular formula is C17H14. The molecule has 0 aliphatic heterocycles. The lowest BCUT2D eigenvalue weighted by atomic mass is 9.99. The van der Waals surface area contributed by atoms with E-state index in [0.29, 0.717) is 0 Å². The molecule has 0 N–H and O–H groups in total. The molecule has 17 heavy (non-hydrogen) atoms. The van der Waals surface area contributed by atoms with Gasteiger partial charge in [-0.25, -0.2) is 0 Å². The zero-order valence-corrected chi connectivity index (χ0v) is 9.85. The maximum atomic E-state index is 2.22. The second-order valence-corrected chi connectivity index (χ2v) is 4.34. The molecule has 1 aromatic carbocycles. The highest BCUT2D eigenvalue weighted by Crippen LogP contribution is 2.36. The molecule has 0 saturated heterocycles. The van der Waals surface area contributed by atoms with E-state index in [1.54, 1.807) is 0 Å². The van der Waals surface area contributed by atoms with Crippen molar-refractivity contribution in [1.29, 1.82) is 0 Å². The molecule has 2 aliphatic rings. The van der Waals surface area contributed by atoms with Crippen LogP contribution in [0.5, 0.6) is 0 Å². The lowest BCUT2D eigenvalue weighted by Gasteiger charge is -2.05. The molecule has 0 radical (unpaired) electrons. The number of rotatable bonds is 1. The predicted molar refractivity (Wildman–Crippen MR) is 73.2 cm³/mol. The van der Waals surface area contributed by atoms with Crippen molar-refractivity contribution in [1.82, 2.24) is 0 Å². The fourth-order valence-electron chi connectivity index (χ4n) is 2.32. The first-order valence-corrected chi connectivity index (χ1v) is 5.90. The summed E-state index contributed by atoms with van der Waals surface area (Å²) in [5.74, 6) is 0. The fraction of sp³-hybridized carbons (Fsp3) is 0.0588. The van der Waals surface area contributed by atoms with E-state index >= 15 is 0 Å². The zero-order valence-electron chi connectivity index (χ0n) is 9.85. The third kappa shape index (κ3) is 1.72. The van der Waals surface area contributed by atoms with Crippen molar-refractivity contribution in [3.63, 3.8) is 0 Å². The molecule has 3 rings (SSSR count). The van der Waals surface area contributed by atoms with E-state index in [1.807, 2.05) is 0 Å². The Kier molecular flexibility index (Phi) is 2.41. The minimum absolute atomic E-state index is 1.30.